The quantitative estimate of drug-likeness (QED) is 0.542. The SMILES string of the molecule is CCOc1ccc(-c2ccc(=O)n(CCC(=O)NCc3ccccc3OCC)n2)cc1. The Hall–Kier alpha value is -3.61. The second kappa shape index (κ2) is 11.0. The molecule has 7 heteroatoms. The van der Waals surface area contributed by atoms with Crippen LogP contribution < -0.4 is 20.3 Å². The topological polar surface area (TPSA) is 82.5 Å². The van der Waals surface area contributed by atoms with Crippen molar-refractivity contribution in [1.82, 2.24) is 15.1 Å². The zero-order chi connectivity index (χ0) is 22.1. The average molecular weight is 421 g/mol. The van der Waals surface area contributed by atoms with Crippen LogP contribution >= 0.6 is 0 Å². The molecule has 1 aromatic heterocycles. The van der Waals surface area contributed by atoms with Gasteiger partial charge in [-0.1, -0.05) is 18.2 Å². The first kappa shape index (κ1) is 22.1. The van der Waals surface area contributed by atoms with Gasteiger partial charge in [-0.05, 0) is 50.2 Å². The van der Waals surface area contributed by atoms with Crippen LogP contribution in [0.5, 0.6) is 11.5 Å². The number of nitrogens with zero attached hydrogens (tertiary/aromatic N) is 2. The van der Waals surface area contributed by atoms with Gasteiger partial charge in [-0.25, -0.2) is 4.68 Å². The zero-order valence-corrected chi connectivity index (χ0v) is 17.8. The summed E-state index contributed by atoms with van der Waals surface area (Å²) < 4.78 is 12.3. The fourth-order valence-electron chi connectivity index (χ4n) is 3.09. The van der Waals surface area contributed by atoms with E-state index in [1.165, 1.54) is 10.7 Å². The van der Waals surface area contributed by atoms with E-state index in [0.29, 0.717) is 25.5 Å². The van der Waals surface area contributed by atoms with Crippen LogP contribution in [-0.2, 0) is 17.9 Å². The summed E-state index contributed by atoms with van der Waals surface area (Å²) in [6.07, 6.45) is 0.149. The summed E-state index contributed by atoms with van der Waals surface area (Å²) in [5.74, 6) is 1.37. The summed E-state index contributed by atoms with van der Waals surface area (Å²) in [5, 5.41) is 7.29. The molecule has 7 nitrogen and oxygen atoms in total. The lowest BCUT2D eigenvalue weighted by Gasteiger charge is -2.11. The number of hydrogen-bond acceptors (Lipinski definition) is 5. The minimum Gasteiger partial charge on any atom is -0.494 e. The average Bonchev–Trinajstić information content (AvgIpc) is 2.79. The first-order valence-corrected chi connectivity index (χ1v) is 10.4. The summed E-state index contributed by atoms with van der Waals surface area (Å²) in [5.41, 5.74) is 2.19. The van der Waals surface area contributed by atoms with Crippen molar-refractivity contribution in [2.24, 2.45) is 0 Å². The van der Waals surface area contributed by atoms with Crippen LogP contribution in [0.3, 0.4) is 0 Å². The third-order valence-corrected chi connectivity index (χ3v) is 4.63. The summed E-state index contributed by atoms with van der Waals surface area (Å²) in [6, 6.07) is 18.3. The molecule has 31 heavy (non-hydrogen) atoms. The van der Waals surface area contributed by atoms with Crippen LogP contribution in [0.25, 0.3) is 11.3 Å². The highest BCUT2D eigenvalue weighted by Gasteiger charge is 2.08. The van der Waals surface area contributed by atoms with Gasteiger partial charge in [-0.2, -0.15) is 5.10 Å². The van der Waals surface area contributed by atoms with Crippen LogP contribution in [0.4, 0.5) is 0 Å². The van der Waals surface area contributed by atoms with E-state index >= 15 is 0 Å². The predicted molar refractivity (Wildman–Crippen MR) is 119 cm³/mol. The van der Waals surface area contributed by atoms with Crippen LogP contribution in [0, 0.1) is 0 Å². The molecule has 1 N–H and O–H groups in total. The molecule has 0 saturated heterocycles. The zero-order valence-electron chi connectivity index (χ0n) is 17.8. The number of carbonyl (C=O) groups excluding carboxylic acids is 1. The number of ether oxygens (including phenoxy) is 2. The monoisotopic (exact) mass is 421 g/mol. The number of benzene rings is 2. The molecule has 3 aromatic rings. The van der Waals surface area contributed by atoms with E-state index in [4.69, 9.17) is 9.47 Å². The molecule has 1 amide bonds. The molecular formula is C24H27N3O4. The standard InChI is InChI=1S/C24H27N3O4/c1-3-30-20-11-9-18(10-12-20)21-13-14-24(29)27(26-21)16-15-23(28)25-17-19-7-5-6-8-22(19)31-4-2/h5-14H,3-4,15-17H2,1-2H3,(H,25,28). The molecule has 162 valence electrons. The van der Waals surface area contributed by atoms with Crippen molar-refractivity contribution in [3.05, 3.63) is 76.6 Å². The second-order valence-electron chi connectivity index (χ2n) is 6.80. The van der Waals surface area contributed by atoms with Gasteiger partial charge in [-0.3, -0.25) is 9.59 Å². The maximum Gasteiger partial charge on any atom is 0.266 e. The van der Waals surface area contributed by atoms with Gasteiger partial charge in [0, 0.05) is 30.2 Å². The lowest BCUT2D eigenvalue weighted by atomic mass is 10.1. The molecule has 0 aliphatic rings. The molecule has 3 rings (SSSR count). The Morgan fingerprint density at radius 3 is 2.45 bits per heavy atom. The molecule has 2 aromatic carbocycles. The molecule has 1 heterocycles. The summed E-state index contributed by atoms with van der Waals surface area (Å²) >= 11 is 0. The van der Waals surface area contributed by atoms with Gasteiger partial charge in [0.15, 0.2) is 0 Å². The van der Waals surface area contributed by atoms with Gasteiger partial charge >= 0.3 is 0 Å². The summed E-state index contributed by atoms with van der Waals surface area (Å²) in [6.45, 7) is 5.57. The third-order valence-electron chi connectivity index (χ3n) is 4.63. The van der Waals surface area contributed by atoms with E-state index in [-0.39, 0.29) is 24.4 Å². The number of hydrogen-bond donors (Lipinski definition) is 1. The van der Waals surface area contributed by atoms with Gasteiger partial charge in [-0.15, -0.1) is 0 Å². The molecule has 0 fully saturated rings. The summed E-state index contributed by atoms with van der Waals surface area (Å²) in [7, 11) is 0. The molecule has 0 aliphatic heterocycles. The van der Waals surface area contributed by atoms with Crippen molar-refractivity contribution in [1.29, 1.82) is 0 Å². The van der Waals surface area contributed by atoms with Gasteiger partial charge in [0.2, 0.25) is 5.91 Å². The third kappa shape index (κ3) is 6.18. The number of aromatic nitrogens is 2. The minimum absolute atomic E-state index is 0.149. The lowest BCUT2D eigenvalue weighted by Crippen LogP contribution is -2.28. The highest BCUT2D eigenvalue weighted by molar-refractivity contribution is 5.75. The van der Waals surface area contributed by atoms with Crippen LogP contribution in [0.15, 0.2) is 65.5 Å². The van der Waals surface area contributed by atoms with Crippen molar-refractivity contribution < 1.29 is 14.3 Å². The Bertz CT molecular complexity index is 1060. The molecule has 0 radical (unpaired) electrons. The highest BCUT2D eigenvalue weighted by atomic mass is 16.5. The second-order valence-corrected chi connectivity index (χ2v) is 6.80. The lowest BCUT2D eigenvalue weighted by molar-refractivity contribution is -0.121. The van der Waals surface area contributed by atoms with E-state index in [1.54, 1.807) is 6.07 Å². The Morgan fingerprint density at radius 1 is 0.968 bits per heavy atom. The number of para-hydroxylation sites is 1. The number of nitrogens with one attached hydrogen (secondary N) is 1. The van der Waals surface area contributed by atoms with E-state index in [9.17, 15) is 9.59 Å². The number of amides is 1. The Balaban J connectivity index is 1.60. The highest BCUT2D eigenvalue weighted by Crippen LogP contribution is 2.20. The fourth-order valence-corrected chi connectivity index (χ4v) is 3.09. The largest absolute Gasteiger partial charge is 0.494 e. The molecule has 0 unspecified atom stereocenters. The van der Waals surface area contributed by atoms with Crippen molar-refractivity contribution in [3.63, 3.8) is 0 Å². The maximum atomic E-state index is 12.3. The number of carbonyl (C=O) groups is 1. The van der Waals surface area contributed by atoms with Crippen molar-refractivity contribution in [2.45, 2.75) is 33.4 Å². The van der Waals surface area contributed by atoms with Gasteiger partial charge in [0.05, 0.1) is 25.5 Å². The smallest absolute Gasteiger partial charge is 0.266 e. The van der Waals surface area contributed by atoms with E-state index in [0.717, 1.165) is 22.6 Å². The number of rotatable bonds is 10. The molecule has 0 atom stereocenters. The normalized spacial score (nSPS) is 10.5. The van der Waals surface area contributed by atoms with Crippen LogP contribution in [0.1, 0.15) is 25.8 Å². The Labute approximate surface area is 181 Å². The number of aryl methyl sites for hydroxylation is 1. The van der Waals surface area contributed by atoms with Crippen molar-refractivity contribution in [3.8, 4) is 22.8 Å². The molecule has 0 aliphatic carbocycles. The maximum absolute atomic E-state index is 12.3. The van der Waals surface area contributed by atoms with Gasteiger partial charge < -0.3 is 14.8 Å². The van der Waals surface area contributed by atoms with Gasteiger partial charge in [0.1, 0.15) is 11.5 Å². The van der Waals surface area contributed by atoms with E-state index in [2.05, 4.69) is 10.4 Å². The van der Waals surface area contributed by atoms with Crippen LogP contribution in [0.2, 0.25) is 0 Å². The molecule has 0 saturated carbocycles. The van der Waals surface area contributed by atoms with Crippen molar-refractivity contribution in [2.75, 3.05) is 13.2 Å². The minimum atomic E-state index is -0.246. The van der Waals surface area contributed by atoms with E-state index < -0.39 is 0 Å². The molecule has 0 spiro atoms. The first-order valence-electron chi connectivity index (χ1n) is 10.4. The predicted octanol–water partition coefficient (Wildman–Crippen LogP) is 3.41. The van der Waals surface area contributed by atoms with Gasteiger partial charge in [0.25, 0.3) is 5.56 Å². The molecule has 0 bridgehead atoms. The Kier molecular flexibility index (Phi) is 7.81. The Morgan fingerprint density at radius 2 is 1.71 bits per heavy atom. The van der Waals surface area contributed by atoms with E-state index in [1.807, 2.05) is 62.4 Å². The fraction of sp³-hybridized carbons (Fsp3) is 0.292. The van der Waals surface area contributed by atoms with Crippen LogP contribution in [-0.4, -0.2) is 28.9 Å². The van der Waals surface area contributed by atoms with Crippen molar-refractivity contribution >= 4 is 5.91 Å². The molecular weight excluding hydrogens is 394 g/mol. The summed E-state index contributed by atoms with van der Waals surface area (Å²) in [4.78, 5) is 24.5. The first-order chi connectivity index (χ1) is 15.1.